The van der Waals surface area contributed by atoms with Crippen LogP contribution >= 0.6 is 0 Å². The molecule has 0 aliphatic rings. The molecule has 0 aromatic rings. The van der Waals surface area contributed by atoms with Gasteiger partial charge in [0.1, 0.15) is 5.78 Å². The highest BCUT2D eigenvalue weighted by atomic mass is 16.1. The molecule has 17 heavy (non-hydrogen) atoms. The van der Waals surface area contributed by atoms with Crippen LogP contribution in [0.15, 0.2) is 0 Å². The zero-order valence-electron chi connectivity index (χ0n) is 12.1. The van der Waals surface area contributed by atoms with E-state index >= 15 is 0 Å². The fourth-order valence-corrected chi connectivity index (χ4v) is 2.00. The Kier molecular flexibility index (Phi) is 9.43. The molecule has 0 saturated heterocycles. The van der Waals surface area contributed by atoms with Gasteiger partial charge in [0.2, 0.25) is 0 Å². The summed E-state index contributed by atoms with van der Waals surface area (Å²) in [6.07, 6.45) is 10.4. The third-order valence-electron chi connectivity index (χ3n) is 3.91. The standard InChI is InChI=1S/C15H31NO/c1-4-6-7-8-9-10-11-12-14(17)15(3,5-2)13-16/h4-13,16H2,1-3H3. The van der Waals surface area contributed by atoms with Crippen LogP contribution in [-0.4, -0.2) is 12.3 Å². The zero-order valence-corrected chi connectivity index (χ0v) is 12.1. The maximum atomic E-state index is 12.0. The first-order chi connectivity index (χ1) is 8.10. The van der Waals surface area contributed by atoms with Gasteiger partial charge in [-0.3, -0.25) is 4.79 Å². The highest BCUT2D eigenvalue weighted by Gasteiger charge is 2.28. The summed E-state index contributed by atoms with van der Waals surface area (Å²) < 4.78 is 0. The smallest absolute Gasteiger partial charge is 0.140 e. The van der Waals surface area contributed by atoms with Gasteiger partial charge in [-0.15, -0.1) is 0 Å². The Balaban J connectivity index is 3.57. The molecule has 2 N–H and O–H groups in total. The molecule has 0 spiro atoms. The van der Waals surface area contributed by atoms with Gasteiger partial charge in [0.15, 0.2) is 0 Å². The van der Waals surface area contributed by atoms with Crippen LogP contribution in [0, 0.1) is 5.41 Å². The summed E-state index contributed by atoms with van der Waals surface area (Å²) in [6.45, 7) is 6.77. The third-order valence-corrected chi connectivity index (χ3v) is 3.91. The molecule has 2 heteroatoms. The summed E-state index contributed by atoms with van der Waals surface area (Å²) in [7, 11) is 0. The molecule has 0 aliphatic heterocycles. The summed E-state index contributed by atoms with van der Waals surface area (Å²) in [5, 5.41) is 0. The highest BCUT2D eigenvalue weighted by molar-refractivity contribution is 5.84. The molecule has 2 nitrogen and oxygen atoms in total. The Hall–Kier alpha value is -0.370. The van der Waals surface area contributed by atoms with Crippen LogP contribution < -0.4 is 5.73 Å². The molecular weight excluding hydrogens is 210 g/mol. The molecule has 0 aromatic carbocycles. The minimum absolute atomic E-state index is 0.276. The number of nitrogens with two attached hydrogens (primary N) is 1. The van der Waals surface area contributed by atoms with Crippen LogP contribution in [0.5, 0.6) is 0 Å². The summed E-state index contributed by atoms with van der Waals surface area (Å²) in [4.78, 5) is 12.0. The van der Waals surface area contributed by atoms with Gasteiger partial charge in [0.25, 0.3) is 0 Å². The second kappa shape index (κ2) is 9.64. The minimum atomic E-state index is -0.276. The number of carbonyl (C=O) groups is 1. The zero-order chi connectivity index (χ0) is 13.1. The molecular formula is C15H31NO. The third kappa shape index (κ3) is 6.82. The van der Waals surface area contributed by atoms with E-state index in [9.17, 15) is 4.79 Å². The van der Waals surface area contributed by atoms with Gasteiger partial charge in [-0.05, 0) is 12.8 Å². The number of ketones is 1. The van der Waals surface area contributed by atoms with Gasteiger partial charge >= 0.3 is 0 Å². The molecule has 0 bridgehead atoms. The van der Waals surface area contributed by atoms with E-state index in [1.807, 2.05) is 6.92 Å². The molecule has 0 heterocycles. The van der Waals surface area contributed by atoms with Crippen molar-refractivity contribution in [1.29, 1.82) is 0 Å². The lowest BCUT2D eigenvalue weighted by Gasteiger charge is -2.24. The van der Waals surface area contributed by atoms with Crippen molar-refractivity contribution in [3.05, 3.63) is 0 Å². The molecule has 0 saturated carbocycles. The lowest BCUT2D eigenvalue weighted by Crippen LogP contribution is -2.35. The van der Waals surface area contributed by atoms with E-state index < -0.39 is 0 Å². The fraction of sp³-hybridized carbons (Fsp3) is 0.933. The van der Waals surface area contributed by atoms with Crippen molar-refractivity contribution in [3.63, 3.8) is 0 Å². The largest absolute Gasteiger partial charge is 0.329 e. The normalized spacial score (nSPS) is 14.6. The van der Waals surface area contributed by atoms with Crippen LogP contribution in [-0.2, 0) is 4.79 Å². The predicted molar refractivity (Wildman–Crippen MR) is 75.1 cm³/mol. The van der Waals surface area contributed by atoms with E-state index in [1.54, 1.807) is 0 Å². The van der Waals surface area contributed by atoms with Crippen molar-refractivity contribution in [3.8, 4) is 0 Å². The van der Waals surface area contributed by atoms with E-state index in [2.05, 4.69) is 13.8 Å². The average molecular weight is 241 g/mol. The van der Waals surface area contributed by atoms with Crippen LogP contribution in [0.3, 0.4) is 0 Å². The fourth-order valence-electron chi connectivity index (χ4n) is 2.00. The SMILES string of the molecule is CCCCCCCCCC(=O)C(C)(CC)CN. The van der Waals surface area contributed by atoms with Gasteiger partial charge in [-0.25, -0.2) is 0 Å². The lowest BCUT2D eigenvalue weighted by molar-refractivity contribution is -0.127. The molecule has 0 aromatic heterocycles. The van der Waals surface area contributed by atoms with Gasteiger partial charge in [-0.1, -0.05) is 59.3 Å². The number of rotatable bonds is 11. The number of carbonyl (C=O) groups excluding carboxylic acids is 1. The Labute approximate surface area is 107 Å². The minimum Gasteiger partial charge on any atom is -0.329 e. The number of Topliss-reactive ketones (excluding diaryl/α,β-unsaturated/α-hetero) is 1. The Bertz CT molecular complexity index is 197. The van der Waals surface area contributed by atoms with Crippen molar-refractivity contribution < 1.29 is 4.79 Å². The van der Waals surface area contributed by atoms with Crippen molar-refractivity contribution in [2.75, 3.05) is 6.54 Å². The second-order valence-corrected chi connectivity index (χ2v) is 5.41. The van der Waals surface area contributed by atoms with Crippen molar-refractivity contribution in [2.45, 2.75) is 78.6 Å². The molecule has 1 atom stereocenters. The molecule has 0 rings (SSSR count). The molecule has 1 unspecified atom stereocenters. The molecule has 0 radical (unpaired) electrons. The van der Waals surface area contributed by atoms with Crippen LogP contribution in [0.25, 0.3) is 0 Å². The summed E-state index contributed by atoms with van der Waals surface area (Å²) in [5.74, 6) is 0.357. The number of unbranched alkanes of at least 4 members (excludes halogenated alkanes) is 6. The van der Waals surface area contributed by atoms with E-state index in [4.69, 9.17) is 5.73 Å². The Morgan fingerprint density at radius 3 is 2.00 bits per heavy atom. The van der Waals surface area contributed by atoms with Gasteiger partial charge in [0, 0.05) is 18.4 Å². The Morgan fingerprint density at radius 2 is 1.53 bits per heavy atom. The van der Waals surface area contributed by atoms with Gasteiger partial charge in [0.05, 0.1) is 0 Å². The van der Waals surface area contributed by atoms with E-state index in [1.165, 1.54) is 38.5 Å². The van der Waals surface area contributed by atoms with Crippen LogP contribution in [0.4, 0.5) is 0 Å². The summed E-state index contributed by atoms with van der Waals surface area (Å²) in [6, 6.07) is 0. The van der Waals surface area contributed by atoms with Gasteiger partial charge in [-0.2, -0.15) is 0 Å². The molecule has 102 valence electrons. The monoisotopic (exact) mass is 241 g/mol. The first-order valence-electron chi connectivity index (χ1n) is 7.34. The van der Waals surface area contributed by atoms with Crippen molar-refractivity contribution in [1.82, 2.24) is 0 Å². The highest BCUT2D eigenvalue weighted by Crippen LogP contribution is 2.23. The molecule has 0 aliphatic carbocycles. The lowest BCUT2D eigenvalue weighted by atomic mass is 9.81. The second-order valence-electron chi connectivity index (χ2n) is 5.41. The number of hydrogen-bond acceptors (Lipinski definition) is 2. The van der Waals surface area contributed by atoms with E-state index in [0.29, 0.717) is 12.3 Å². The predicted octanol–water partition coefficient (Wildman–Crippen LogP) is 4.07. The number of hydrogen-bond donors (Lipinski definition) is 1. The van der Waals surface area contributed by atoms with E-state index in [-0.39, 0.29) is 5.41 Å². The van der Waals surface area contributed by atoms with Crippen molar-refractivity contribution >= 4 is 5.78 Å². The van der Waals surface area contributed by atoms with Crippen LogP contribution in [0.1, 0.15) is 78.6 Å². The molecule has 0 fully saturated rings. The quantitative estimate of drug-likeness (QED) is 0.554. The first-order valence-corrected chi connectivity index (χ1v) is 7.34. The van der Waals surface area contributed by atoms with Gasteiger partial charge < -0.3 is 5.73 Å². The van der Waals surface area contributed by atoms with Crippen LogP contribution in [0.2, 0.25) is 0 Å². The summed E-state index contributed by atoms with van der Waals surface area (Å²) >= 11 is 0. The van der Waals surface area contributed by atoms with Crippen molar-refractivity contribution in [2.24, 2.45) is 11.1 Å². The Morgan fingerprint density at radius 1 is 1.00 bits per heavy atom. The summed E-state index contributed by atoms with van der Waals surface area (Å²) in [5.41, 5.74) is 5.41. The van der Waals surface area contributed by atoms with E-state index in [0.717, 1.165) is 19.3 Å². The maximum Gasteiger partial charge on any atom is 0.140 e. The molecule has 0 amide bonds. The maximum absolute atomic E-state index is 12.0. The first kappa shape index (κ1) is 16.6. The average Bonchev–Trinajstić information content (AvgIpc) is 2.36. The topological polar surface area (TPSA) is 43.1 Å².